The van der Waals surface area contributed by atoms with Crippen molar-refractivity contribution in [2.24, 2.45) is 0 Å². The highest BCUT2D eigenvalue weighted by atomic mass is 32.2. The second-order valence-electron chi connectivity index (χ2n) is 6.60. The van der Waals surface area contributed by atoms with Crippen LogP contribution in [0.2, 0.25) is 0 Å². The number of nitrogens with one attached hydrogen (secondary N) is 1. The molecule has 0 radical (unpaired) electrons. The van der Waals surface area contributed by atoms with E-state index >= 15 is 0 Å². The van der Waals surface area contributed by atoms with Crippen molar-refractivity contribution in [1.29, 1.82) is 0 Å². The van der Waals surface area contributed by atoms with E-state index in [1.165, 1.54) is 15.6 Å². The van der Waals surface area contributed by atoms with Crippen LogP contribution in [-0.2, 0) is 14.8 Å². The van der Waals surface area contributed by atoms with Gasteiger partial charge in [0.05, 0.1) is 19.1 Å². The minimum Gasteiger partial charge on any atom is -0.496 e. The number of aryl methyl sites for hydroxylation is 1. The highest BCUT2D eigenvalue weighted by molar-refractivity contribution is 7.88. The predicted octanol–water partition coefficient (Wildman–Crippen LogP) is 2.88. The minimum atomic E-state index is -3.42. The van der Waals surface area contributed by atoms with Gasteiger partial charge >= 0.3 is 0 Å². The molecule has 1 atom stereocenters. The van der Waals surface area contributed by atoms with E-state index in [-0.39, 0.29) is 5.91 Å². The monoisotopic (exact) mass is 409 g/mol. The predicted molar refractivity (Wildman–Crippen MR) is 107 cm³/mol. The second-order valence-corrected chi connectivity index (χ2v) is 9.39. The van der Waals surface area contributed by atoms with Gasteiger partial charge in [0.15, 0.2) is 5.13 Å². The Morgan fingerprint density at radius 3 is 2.81 bits per heavy atom. The minimum absolute atomic E-state index is 0.327. The number of carbonyl (C=O) groups excluding carboxylic acids is 1. The quantitative estimate of drug-likeness (QED) is 0.820. The van der Waals surface area contributed by atoms with Crippen LogP contribution in [0.1, 0.15) is 24.8 Å². The molecule has 0 spiro atoms. The number of rotatable bonds is 5. The lowest BCUT2D eigenvalue weighted by Crippen LogP contribution is -2.49. The van der Waals surface area contributed by atoms with E-state index in [0.717, 1.165) is 41.7 Å². The summed E-state index contributed by atoms with van der Waals surface area (Å²) in [6.45, 7) is 2.34. The molecule has 1 amide bonds. The number of ether oxygens (including phenoxy) is 1. The average Bonchev–Trinajstić information content (AvgIpc) is 3.09. The Hall–Kier alpha value is -1.97. The maximum Gasteiger partial charge on any atom is 0.244 e. The van der Waals surface area contributed by atoms with Gasteiger partial charge in [0.25, 0.3) is 0 Å². The zero-order valence-electron chi connectivity index (χ0n) is 15.6. The van der Waals surface area contributed by atoms with E-state index < -0.39 is 16.1 Å². The maximum absolute atomic E-state index is 12.6. The molecular formula is C18H23N3O4S2. The fraction of sp³-hybridized carbons (Fsp3) is 0.444. The molecule has 2 heterocycles. The Kier molecular flexibility index (Phi) is 5.83. The lowest BCUT2D eigenvalue weighted by atomic mass is 10.0. The standard InChI is InChI=1S/C18H23N3O4S2/c1-12-10-13(7-8-16(12)25-2)14-11-26-18(19-14)20-17(22)15-6-4-5-9-21(15)27(3,23)24/h7-8,10-11,15H,4-6,9H2,1-3H3,(H,19,20,22). The van der Waals surface area contributed by atoms with E-state index in [1.54, 1.807) is 7.11 Å². The third-order valence-corrected chi connectivity index (χ3v) is 6.65. The first kappa shape index (κ1) is 19.8. The first-order chi connectivity index (χ1) is 12.8. The second kappa shape index (κ2) is 7.95. The highest BCUT2D eigenvalue weighted by Gasteiger charge is 2.34. The van der Waals surface area contributed by atoms with Crippen LogP contribution in [0.5, 0.6) is 5.75 Å². The van der Waals surface area contributed by atoms with Crippen molar-refractivity contribution in [3.63, 3.8) is 0 Å². The molecule has 9 heteroatoms. The molecule has 0 aliphatic carbocycles. The van der Waals surface area contributed by atoms with E-state index in [0.29, 0.717) is 18.1 Å². The van der Waals surface area contributed by atoms with Gasteiger partial charge in [0.2, 0.25) is 15.9 Å². The van der Waals surface area contributed by atoms with Crippen molar-refractivity contribution in [2.45, 2.75) is 32.2 Å². The third-order valence-electron chi connectivity index (χ3n) is 4.61. The highest BCUT2D eigenvalue weighted by Crippen LogP contribution is 2.29. The Balaban J connectivity index is 1.75. The zero-order valence-corrected chi connectivity index (χ0v) is 17.2. The lowest BCUT2D eigenvalue weighted by Gasteiger charge is -2.32. The van der Waals surface area contributed by atoms with Crippen LogP contribution in [0.15, 0.2) is 23.6 Å². The number of hydrogen-bond donors (Lipinski definition) is 1. The molecule has 1 fully saturated rings. The molecule has 0 bridgehead atoms. The molecule has 3 rings (SSSR count). The molecule has 0 saturated carbocycles. The molecule has 2 aromatic rings. The zero-order chi connectivity index (χ0) is 19.6. The van der Waals surface area contributed by atoms with Crippen molar-refractivity contribution in [3.05, 3.63) is 29.1 Å². The van der Waals surface area contributed by atoms with E-state index in [2.05, 4.69) is 10.3 Å². The summed E-state index contributed by atoms with van der Waals surface area (Å²) in [5.41, 5.74) is 2.68. The Labute approximate surface area is 163 Å². The third kappa shape index (κ3) is 4.48. The van der Waals surface area contributed by atoms with Gasteiger partial charge < -0.3 is 10.1 Å². The largest absolute Gasteiger partial charge is 0.496 e. The van der Waals surface area contributed by atoms with Crippen molar-refractivity contribution in [3.8, 4) is 17.0 Å². The van der Waals surface area contributed by atoms with Crippen LogP contribution in [0, 0.1) is 6.92 Å². The maximum atomic E-state index is 12.6. The van der Waals surface area contributed by atoms with Crippen LogP contribution in [-0.4, -0.2) is 49.6 Å². The average molecular weight is 410 g/mol. The van der Waals surface area contributed by atoms with E-state index in [9.17, 15) is 13.2 Å². The van der Waals surface area contributed by atoms with Crippen LogP contribution >= 0.6 is 11.3 Å². The fourth-order valence-corrected chi connectivity index (χ4v) is 5.10. The molecule has 146 valence electrons. The summed E-state index contributed by atoms with van der Waals surface area (Å²) < 4.78 is 30.5. The van der Waals surface area contributed by atoms with Crippen LogP contribution in [0.4, 0.5) is 5.13 Å². The number of methoxy groups -OCH3 is 1. The number of piperidine rings is 1. The number of carbonyl (C=O) groups is 1. The summed E-state index contributed by atoms with van der Waals surface area (Å²) in [7, 11) is -1.79. The Bertz CT molecular complexity index is 940. The first-order valence-electron chi connectivity index (χ1n) is 8.68. The number of thiazole rings is 1. The molecule has 1 aliphatic heterocycles. The topological polar surface area (TPSA) is 88.6 Å². The van der Waals surface area contributed by atoms with Gasteiger partial charge in [0.1, 0.15) is 11.8 Å². The SMILES string of the molecule is COc1ccc(-c2csc(NC(=O)C3CCCCN3S(C)(=O)=O)n2)cc1C. The van der Waals surface area contributed by atoms with Crippen LogP contribution < -0.4 is 10.1 Å². The van der Waals surface area contributed by atoms with Crippen molar-refractivity contribution < 1.29 is 17.9 Å². The lowest BCUT2D eigenvalue weighted by molar-refractivity contribution is -0.120. The number of hydrogen-bond acceptors (Lipinski definition) is 6. The number of nitrogens with zero attached hydrogens (tertiary/aromatic N) is 2. The Morgan fingerprint density at radius 1 is 1.37 bits per heavy atom. The summed E-state index contributed by atoms with van der Waals surface area (Å²) in [5, 5.41) is 5.11. The van der Waals surface area contributed by atoms with Crippen LogP contribution in [0.25, 0.3) is 11.3 Å². The van der Waals surface area contributed by atoms with E-state index in [1.807, 2.05) is 30.5 Å². The Morgan fingerprint density at radius 2 is 2.15 bits per heavy atom. The summed E-state index contributed by atoms with van der Waals surface area (Å²) in [4.78, 5) is 17.1. The molecule has 1 unspecified atom stereocenters. The number of sulfonamides is 1. The number of amides is 1. The summed E-state index contributed by atoms with van der Waals surface area (Å²) in [6, 6.07) is 5.10. The molecule has 1 saturated heterocycles. The van der Waals surface area contributed by atoms with Crippen molar-refractivity contribution in [2.75, 3.05) is 25.2 Å². The smallest absolute Gasteiger partial charge is 0.244 e. The molecular weight excluding hydrogens is 386 g/mol. The summed E-state index contributed by atoms with van der Waals surface area (Å²) >= 11 is 1.32. The number of aromatic nitrogens is 1. The summed E-state index contributed by atoms with van der Waals surface area (Å²) in [5.74, 6) is 0.479. The molecule has 1 aromatic heterocycles. The first-order valence-corrected chi connectivity index (χ1v) is 11.4. The molecule has 1 aromatic carbocycles. The van der Waals surface area contributed by atoms with Gasteiger partial charge in [-0.05, 0) is 43.5 Å². The van der Waals surface area contributed by atoms with Gasteiger partial charge in [-0.2, -0.15) is 4.31 Å². The number of anilines is 1. The van der Waals surface area contributed by atoms with E-state index in [4.69, 9.17) is 4.74 Å². The molecule has 7 nitrogen and oxygen atoms in total. The van der Waals surface area contributed by atoms with Crippen molar-refractivity contribution in [1.82, 2.24) is 9.29 Å². The van der Waals surface area contributed by atoms with Gasteiger partial charge in [0, 0.05) is 17.5 Å². The van der Waals surface area contributed by atoms with Gasteiger partial charge in [-0.25, -0.2) is 13.4 Å². The number of benzene rings is 1. The van der Waals surface area contributed by atoms with Gasteiger partial charge in [-0.1, -0.05) is 6.42 Å². The fourth-order valence-electron chi connectivity index (χ4n) is 3.25. The molecule has 27 heavy (non-hydrogen) atoms. The van der Waals surface area contributed by atoms with Crippen molar-refractivity contribution >= 4 is 32.4 Å². The summed E-state index contributed by atoms with van der Waals surface area (Å²) in [6.07, 6.45) is 3.27. The van der Waals surface area contributed by atoms with Crippen LogP contribution in [0.3, 0.4) is 0 Å². The molecule has 1 N–H and O–H groups in total. The van der Waals surface area contributed by atoms with Gasteiger partial charge in [-0.3, -0.25) is 4.79 Å². The normalized spacial score (nSPS) is 18.3. The molecule has 1 aliphatic rings. The van der Waals surface area contributed by atoms with Gasteiger partial charge in [-0.15, -0.1) is 11.3 Å².